The van der Waals surface area contributed by atoms with Crippen molar-refractivity contribution >= 4 is 35.0 Å². The van der Waals surface area contributed by atoms with Gasteiger partial charge >= 0.3 is 6.03 Å². The Morgan fingerprint density at radius 1 is 1.50 bits per heavy atom. The number of carbonyl (C=O) groups excluding carboxylic acids is 1. The van der Waals surface area contributed by atoms with Crippen LogP contribution >= 0.6 is 23.1 Å². The molecule has 0 spiro atoms. The fourth-order valence-corrected chi connectivity index (χ4v) is 5.12. The van der Waals surface area contributed by atoms with Gasteiger partial charge in [0.05, 0.1) is 0 Å². The number of rotatable bonds is 6. The van der Waals surface area contributed by atoms with Crippen molar-refractivity contribution in [3.63, 3.8) is 0 Å². The van der Waals surface area contributed by atoms with Crippen molar-refractivity contribution in [3.05, 3.63) is 22.4 Å². The van der Waals surface area contributed by atoms with E-state index >= 15 is 0 Å². The summed E-state index contributed by atoms with van der Waals surface area (Å²) in [6.07, 6.45) is 2.87. The molecular weight excluding hydrogens is 368 g/mol. The Morgan fingerprint density at radius 2 is 2.35 bits per heavy atom. The van der Waals surface area contributed by atoms with Crippen LogP contribution in [0.5, 0.6) is 0 Å². The zero-order chi connectivity index (χ0) is 17.9. The van der Waals surface area contributed by atoms with Crippen molar-refractivity contribution < 1.29 is 9.63 Å². The minimum absolute atomic E-state index is 0.0841. The average Bonchev–Trinajstić information content (AvgIpc) is 3.09. The van der Waals surface area contributed by atoms with Crippen LogP contribution in [0, 0.1) is 11.8 Å². The molecule has 3 heterocycles. The lowest BCUT2D eigenvalue weighted by atomic mass is 9.97. The molecule has 1 aromatic rings. The molecule has 2 amide bonds. The van der Waals surface area contributed by atoms with E-state index in [1.807, 2.05) is 28.1 Å². The second kappa shape index (κ2) is 8.19. The molecule has 1 aliphatic carbocycles. The van der Waals surface area contributed by atoms with Gasteiger partial charge in [0.2, 0.25) is 5.90 Å². The number of hydrogen-bond donors (Lipinski definition) is 2. The fourth-order valence-electron chi connectivity index (χ4n) is 3.51. The summed E-state index contributed by atoms with van der Waals surface area (Å²) in [6.45, 7) is 3.72. The Bertz CT molecular complexity index is 644. The zero-order valence-corrected chi connectivity index (χ0v) is 16.7. The van der Waals surface area contributed by atoms with Gasteiger partial charge in [-0.3, -0.25) is 0 Å². The summed E-state index contributed by atoms with van der Waals surface area (Å²) in [5.74, 6) is 4.08. The van der Waals surface area contributed by atoms with Crippen molar-refractivity contribution in [2.24, 2.45) is 16.8 Å². The van der Waals surface area contributed by atoms with E-state index in [9.17, 15) is 4.79 Å². The van der Waals surface area contributed by atoms with Crippen molar-refractivity contribution in [1.29, 1.82) is 0 Å². The smallest absolute Gasteiger partial charge is 0.317 e. The molecule has 1 aromatic heterocycles. The number of nitrogens with zero attached hydrogens (tertiary/aromatic N) is 2. The highest BCUT2D eigenvalue weighted by Gasteiger charge is 2.39. The first-order valence-electron chi connectivity index (χ1n) is 9.41. The third-order valence-corrected chi connectivity index (χ3v) is 7.24. The maximum atomic E-state index is 12.4. The summed E-state index contributed by atoms with van der Waals surface area (Å²) in [7, 11) is 0. The second-order valence-electron chi connectivity index (χ2n) is 7.08. The molecule has 0 radical (unpaired) electrons. The molecule has 0 aromatic carbocycles. The van der Waals surface area contributed by atoms with Gasteiger partial charge in [0.25, 0.3) is 0 Å². The van der Waals surface area contributed by atoms with Crippen LogP contribution in [0.15, 0.2) is 22.5 Å². The molecule has 142 valence electrons. The van der Waals surface area contributed by atoms with Crippen LogP contribution in [0.2, 0.25) is 0 Å². The number of urea groups is 1. The number of hydrogen-bond acceptors (Lipinski definition) is 6. The molecule has 4 rings (SSSR count). The van der Waals surface area contributed by atoms with Gasteiger partial charge < -0.3 is 15.1 Å². The summed E-state index contributed by atoms with van der Waals surface area (Å²) in [6, 6.07) is 4.58. The van der Waals surface area contributed by atoms with Crippen LogP contribution in [-0.2, 0) is 4.84 Å². The lowest BCUT2D eigenvalue weighted by molar-refractivity contribution is 0.150. The molecule has 2 fully saturated rings. The molecule has 3 atom stereocenters. The zero-order valence-electron chi connectivity index (χ0n) is 15.0. The summed E-state index contributed by atoms with van der Waals surface area (Å²) in [5.41, 5.74) is 3.01. The molecular formula is C18H26N4O2S2. The van der Waals surface area contributed by atoms with E-state index in [2.05, 4.69) is 23.8 Å². The summed E-state index contributed by atoms with van der Waals surface area (Å²) in [4.78, 5) is 25.9. The van der Waals surface area contributed by atoms with Crippen LogP contribution < -0.4 is 10.8 Å². The number of amides is 2. The SMILES string of the molecule is CCSCC1CC1NC(=O)N1CCC(C2=NC(c3cccs3)NO2)CC1. The Balaban J connectivity index is 1.22. The fraction of sp³-hybridized carbons (Fsp3) is 0.667. The van der Waals surface area contributed by atoms with E-state index in [0.717, 1.165) is 48.9 Å². The lowest BCUT2D eigenvalue weighted by Gasteiger charge is -2.31. The normalized spacial score (nSPS) is 28.6. The van der Waals surface area contributed by atoms with E-state index in [1.54, 1.807) is 11.3 Å². The number of thiophene rings is 1. The first-order valence-corrected chi connectivity index (χ1v) is 11.4. The summed E-state index contributed by atoms with van der Waals surface area (Å²) in [5, 5.41) is 5.24. The first kappa shape index (κ1) is 18.1. The second-order valence-corrected chi connectivity index (χ2v) is 9.38. The number of hydroxylamine groups is 1. The molecule has 2 N–H and O–H groups in total. The van der Waals surface area contributed by atoms with Crippen LogP contribution in [0.3, 0.4) is 0 Å². The third-order valence-electron chi connectivity index (χ3n) is 5.24. The van der Waals surface area contributed by atoms with Crippen molar-refractivity contribution in [2.45, 2.75) is 38.4 Å². The van der Waals surface area contributed by atoms with Gasteiger partial charge in [0.15, 0.2) is 6.17 Å². The highest BCUT2D eigenvalue weighted by atomic mass is 32.2. The quantitative estimate of drug-likeness (QED) is 0.777. The lowest BCUT2D eigenvalue weighted by Crippen LogP contribution is -2.46. The number of piperidine rings is 1. The summed E-state index contributed by atoms with van der Waals surface area (Å²) >= 11 is 3.64. The predicted octanol–water partition coefficient (Wildman–Crippen LogP) is 3.24. The Morgan fingerprint density at radius 3 is 3.08 bits per heavy atom. The molecule has 0 bridgehead atoms. The predicted molar refractivity (Wildman–Crippen MR) is 106 cm³/mol. The number of aliphatic imine (C=N–C) groups is 1. The highest BCUT2D eigenvalue weighted by molar-refractivity contribution is 7.99. The third kappa shape index (κ3) is 4.18. The largest absolute Gasteiger partial charge is 0.391 e. The van der Waals surface area contributed by atoms with E-state index in [0.29, 0.717) is 17.9 Å². The topological polar surface area (TPSA) is 66.0 Å². The van der Waals surface area contributed by atoms with Gasteiger partial charge in [0.1, 0.15) is 0 Å². The summed E-state index contributed by atoms with van der Waals surface area (Å²) < 4.78 is 0. The van der Waals surface area contributed by atoms with Crippen LogP contribution in [0.1, 0.15) is 37.2 Å². The van der Waals surface area contributed by atoms with Gasteiger partial charge in [0, 0.05) is 29.9 Å². The standard InChI is InChI=1S/C18H26N4O2S2/c1-2-25-11-13-10-14(13)19-18(23)22-7-5-12(6-8-22)17-20-16(21-24-17)15-4-3-9-26-15/h3-4,9,12-14,16,21H,2,5-8,10-11H2,1H3,(H,19,23). The molecule has 3 aliphatic rings. The van der Waals surface area contributed by atoms with Crippen molar-refractivity contribution in [2.75, 3.05) is 24.6 Å². The molecule has 1 saturated heterocycles. The van der Waals surface area contributed by atoms with E-state index in [1.165, 1.54) is 5.75 Å². The van der Waals surface area contributed by atoms with Crippen LogP contribution in [-0.4, -0.2) is 47.5 Å². The van der Waals surface area contributed by atoms with Crippen molar-refractivity contribution in [1.82, 2.24) is 15.7 Å². The average molecular weight is 395 g/mol. The van der Waals surface area contributed by atoms with Crippen molar-refractivity contribution in [3.8, 4) is 0 Å². The molecule has 2 aliphatic heterocycles. The van der Waals surface area contributed by atoms with Gasteiger partial charge in [-0.05, 0) is 48.1 Å². The monoisotopic (exact) mass is 394 g/mol. The molecule has 1 saturated carbocycles. The maximum Gasteiger partial charge on any atom is 0.317 e. The van der Waals surface area contributed by atoms with Gasteiger partial charge in [-0.1, -0.05) is 13.0 Å². The van der Waals surface area contributed by atoms with E-state index < -0.39 is 0 Å². The number of carbonyl (C=O) groups is 1. The number of thioether (sulfide) groups is 1. The number of likely N-dealkylation sites (tertiary alicyclic amines) is 1. The first-order chi connectivity index (χ1) is 12.7. The van der Waals surface area contributed by atoms with Gasteiger partial charge in [-0.25, -0.2) is 9.79 Å². The molecule has 8 heteroatoms. The molecule has 26 heavy (non-hydrogen) atoms. The van der Waals surface area contributed by atoms with E-state index in [4.69, 9.17) is 9.83 Å². The number of nitrogens with one attached hydrogen (secondary N) is 2. The maximum absolute atomic E-state index is 12.4. The minimum Gasteiger partial charge on any atom is -0.391 e. The van der Waals surface area contributed by atoms with Gasteiger partial charge in [-0.2, -0.15) is 11.8 Å². The molecule has 6 nitrogen and oxygen atoms in total. The van der Waals surface area contributed by atoms with Gasteiger partial charge in [-0.15, -0.1) is 16.8 Å². The Kier molecular flexibility index (Phi) is 5.71. The highest BCUT2D eigenvalue weighted by Crippen LogP contribution is 2.34. The molecule has 3 unspecified atom stereocenters. The van der Waals surface area contributed by atoms with E-state index in [-0.39, 0.29) is 12.2 Å². The van der Waals surface area contributed by atoms with Crippen LogP contribution in [0.25, 0.3) is 0 Å². The minimum atomic E-state index is -0.0841. The van der Waals surface area contributed by atoms with Crippen LogP contribution in [0.4, 0.5) is 4.79 Å². The Hall–Kier alpha value is -1.25. The Labute approximate surface area is 162 Å².